The molecule has 2 N–H and O–H groups in total. The number of fused-ring (bicyclic) bond motifs is 2. The minimum Gasteiger partial charge on any atom is -0.367 e. The highest BCUT2D eigenvalue weighted by Crippen LogP contribution is 2.16. The first-order valence-corrected chi connectivity index (χ1v) is 7.21. The molecule has 3 aromatic heterocycles. The van der Waals surface area contributed by atoms with Crippen molar-refractivity contribution in [2.24, 2.45) is 0 Å². The second kappa shape index (κ2) is 5.52. The monoisotopic (exact) mass is 312 g/mol. The Morgan fingerprint density at radius 2 is 2.12 bits per heavy atom. The van der Waals surface area contributed by atoms with Crippen LogP contribution in [0.5, 0.6) is 0 Å². The largest absolute Gasteiger partial charge is 0.367 e. The van der Waals surface area contributed by atoms with Crippen molar-refractivity contribution in [3.05, 3.63) is 53.0 Å². The predicted octanol–water partition coefficient (Wildman–Crippen LogP) is 0.00530. The molecule has 0 saturated heterocycles. The van der Waals surface area contributed by atoms with Gasteiger partial charge in [0.1, 0.15) is 19.7 Å². The van der Waals surface area contributed by atoms with Crippen LogP contribution in [0.4, 0.5) is 5.82 Å². The average Bonchev–Trinajstić information content (AvgIpc) is 3.06. The summed E-state index contributed by atoms with van der Waals surface area (Å²) in [5.41, 5.74) is 1.92. The van der Waals surface area contributed by atoms with Gasteiger partial charge in [0.2, 0.25) is 13.5 Å². The summed E-state index contributed by atoms with van der Waals surface area (Å²) >= 11 is 0. The highest BCUT2D eigenvalue weighted by atomic mass is 16.1. The van der Waals surface area contributed by atoms with Crippen LogP contribution >= 0.6 is 0 Å². The molecule has 0 aliphatic heterocycles. The molecule has 3 heterocycles. The van der Waals surface area contributed by atoms with Crippen LogP contribution in [0, 0.1) is 0 Å². The lowest BCUT2D eigenvalue weighted by Gasteiger charge is -2.13. The van der Waals surface area contributed by atoms with Crippen molar-refractivity contribution in [2.45, 2.75) is 6.54 Å². The number of anilines is 1. The second-order valence-electron chi connectivity index (χ2n) is 5.30. The number of rotatable bonds is 3. The molecule has 4 aromatic rings. The second-order valence-corrected chi connectivity index (χ2v) is 5.30. The maximum atomic E-state index is 12.4. The van der Waals surface area contributed by atoms with Gasteiger partial charge in [-0.05, 0) is 11.5 Å². The Morgan fingerprint density at radius 3 is 3.00 bits per heavy atom. The third-order valence-corrected chi connectivity index (χ3v) is 3.85. The molecule has 24 heavy (non-hydrogen) atoms. The molecule has 4 rings (SSSR count). The number of pyridine rings is 1. The Balaban J connectivity index is 1.74. The van der Waals surface area contributed by atoms with E-state index in [1.807, 2.05) is 12.1 Å². The molecule has 0 fully saturated rings. The zero-order chi connectivity index (χ0) is 16.7. The highest BCUT2D eigenvalue weighted by molar-refractivity contribution is 6.38. The van der Waals surface area contributed by atoms with Crippen LogP contribution in [-0.4, -0.2) is 40.2 Å². The highest BCUT2D eigenvalue weighted by Gasteiger charge is 2.09. The molecule has 0 unspecified atom stereocenters. The fraction of sp³-hybridized carbons (Fsp3) is 0.0667. The molecular formula is C15H10B2N6O. The number of H-pyrrole nitrogens is 1. The Morgan fingerprint density at radius 1 is 1.25 bits per heavy atom. The van der Waals surface area contributed by atoms with Crippen LogP contribution in [0.25, 0.3) is 21.9 Å². The van der Waals surface area contributed by atoms with Crippen LogP contribution < -0.4 is 16.3 Å². The van der Waals surface area contributed by atoms with E-state index >= 15 is 0 Å². The molecular weight excluding hydrogens is 302 g/mol. The maximum Gasteiger partial charge on any atom is 0.244 e. The fourth-order valence-electron chi connectivity index (χ4n) is 2.67. The lowest BCUT2D eigenvalue weighted by Crippen LogP contribution is -2.27. The van der Waals surface area contributed by atoms with Crippen LogP contribution in [0.15, 0.2) is 41.7 Å². The van der Waals surface area contributed by atoms with Gasteiger partial charge in [0.25, 0.3) is 0 Å². The Hall–Kier alpha value is -3.09. The van der Waals surface area contributed by atoms with E-state index in [0.717, 1.165) is 9.86 Å². The number of hydrogen-bond acceptors (Lipinski definition) is 5. The quantitative estimate of drug-likeness (QED) is 0.520. The summed E-state index contributed by atoms with van der Waals surface area (Å²) in [4.78, 5) is 27.7. The zero-order valence-corrected chi connectivity index (χ0v) is 12.5. The number of nitrogens with zero attached hydrogens (tertiary/aromatic N) is 4. The van der Waals surface area contributed by atoms with Gasteiger partial charge in [0.05, 0.1) is 12.9 Å². The summed E-state index contributed by atoms with van der Waals surface area (Å²) in [6.07, 6.45) is 2.96. The average molecular weight is 312 g/mol. The van der Waals surface area contributed by atoms with Crippen LogP contribution in [0.2, 0.25) is 0 Å². The molecule has 0 atom stereocenters. The van der Waals surface area contributed by atoms with E-state index in [0.29, 0.717) is 40.1 Å². The SMILES string of the molecule is [B]c1cccc2cc(CNc3ncnc4nc[nH]c34)n([B])c(=O)c12. The van der Waals surface area contributed by atoms with Gasteiger partial charge in [-0.1, -0.05) is 23.7 Å². The molecule has 1 aromatic carbocycles. The third-order valence-electron chi connectivity index (χ3n) is 3.85. The smallest absolute Gasteiger partial charge is 0.244 e. The van der Waals surface area contributed by atoms with Gasteiger partial charge in [0.15, 0.2) is 11.5 Å². The molecule has 112 valence electrons. The summed E-state index contributed by atoms with van der Waals surface area (Å²) in [6, 6.07) is 7.13. The normalized spacial score (nSPS) is 11.2. The molecule has 0 spiro atoms. The Bertz CT molecular complexity index is 1120. The van der Waals surface area contributed by atoms with Crippen molar-refractivity contribution < 1.29 is 0 Å². The first-order valence-electron chi connectivity index (χ1n) is 7.21. The van der Waals surface area contributed by atoms with Crippen molar-refractivity contribution in [1.29, 1.82) is 0 Å². The molecule has 0 aliphatic rings. The van der Waals surface area contributed by atoms with Crippen molar-refractivity contribution >= 4 is 49.0 Å². The Labute approximate surface area is 139 Å². The zero-order valence-electron chi connectivity index (χ0n) is 12.5. The van der Waals surface area contributed by atoms with Gasteiger partial charge >= 0.3 is 0 Å². The summed E-state index contributed by atoms with van der Waals surface area (Å²) < 4.78 is 1.09. The van der Waals surface area contributed by atoms with Crippen molar-refractivity contribution in [3.8, 4) is 0 Å². The Kier molecular flexibility index (Phi) is 3.34. The van der Waals surface area contributed by atoms with Gasteiger partial charge in [-0.2, -0.15) is 0 Å². The van der Waals surface area contributed by atoms with E-state index < -0.39 is 0 Å². The summed E-state index contributed by atoms with van der Waals surface area (Å²) in [5.74, 6) is 0.581. The fourth-order valence-corrected chi connectivity index (χ4v) is 2.67. The summed E-state index contributed by atoms with van der Waals surface area (Å²) in [5, 5.41) is 4.31. The number of benzene rings is 1. The van der Waals surface area contributed by atoms with Gasteiger partial charge in [-0.25, -0.2) is 15.0 Å². The number of imidazole rings is 1. The van der Waals surface area contributed by atoms with E-state index in [1.54, 1.807) is 18.5 Å². The van der Waals surface area contributed by atoms with Crippen LogP contribution in [0.1, 0.15) is 5.69 Å². The molecule has 4 radical (unpaired) electrons. The van der Waals surface area contributed by atoms with E-state index in [2.05, 4.69) is 25.3 Å². The van der Waals surface area contributed by atoms with Crippen molar-refractivity contribution in [2.75, 3.05) is 5.32 Å². The van der Waals surface area contributed by atoms with E-state index in [9.17, 15) is 4.79 Å². The molecule has 0 saturated carbocycles. The van der Waals surface area contributed by atoms with Gasteiger partial charge in [-0.15, -0.1) is 0 Å². The van der Waals surface area contributed by atoms with E-state index in [-0.39, 0.29) is 5.56 Å². The van der Waals surface area contributed by atoms with Crippen LogP contribution in [-0.2, 0) is 6.54 Å². The minimum absolute atomic E-state index is 0.307. The molecule has 7 nitrogen and oxygen atoms in total. The number of aromatic nitrogens is 5. The maximum absolute atomic E-state index is 12.4. The number of hydrogen-bond donors (Lipinski definition) is 2. The standard InChI is InChI=1S/C15H10B2N6O/c16-10-3-1-2-8-4-9(23(17)15(24)11(8)10)5-18-13-12-14(20-6-19-12)22-7-21-13/h1-4,6-7H,5H2,(H2,18,19,20,21,22). The first kappa shape index (κ1) is 14.5. The lowest BCUT2D eigenvalue weighted by molar-refractivity contribution is 0.968. The van der Waals surface area contributed by atoms with Gasteiger partial charge < -0.3 is 14.8 Å². The molecule has 0 amide bonds. The van der Waals surface area contributed by atoms with Crippen molar-refractivity contribution in [3.63, 3.8) is 0 Å². The van der Waals surface area contributed by atoms with Crippen molar-refractivity contribution in [1.82, 2.24) is 24.4 Å². The third kappa shape index (κ3) is 2.25. The van der Waals surface area contributed by atoms with E-state index in [1.165, 1.54) is 6.33 Å². The topological polar surface area (TPSA) is 88.5 Å². The van der Waals surface area contributed by atoms with Gasteiger partial charge in [0, 0.05) is 11.1 Å². The lowest BCUT2D eigenvalue weighted by atomic mass is 9.90. The van der Waals surface area contributed by atoms with E-state index in [4.69, 9.17) is 15.8 Å². The van der Waals surface area contributed by atoms with Crippen LogP contribution in [0.3, 0.4) is 0 Å². The molecule has 9 heteroatoms. The molecule has 0 aliphatic carbocycles. The summed E-state index contributed by atoms with van der Waals surface area (Å²) in [7, 11) is 11.8. The summed E-state index contributed by atoms with van der Waals surface area (Å²) in [6.45, 7) is 0.307. The minimum atomic E-state index is -0.336. The molecule has 0 bridgehead atoms. The predicted molar refractivity (Wildman–Crippen MR) is 93.8 cm³/mol. The van der Waals surface area contributed by atoms with Gasteiger partial charge in [-0.3, -0.25) is 4.79 Å². The number of nitrogens with one attached hydrogen (secondary N) is 2. The first-order chi connectivity index (χ1) is 11.6. The number of aromatic amines is 1.